The van der Waals surface area contributed by atoms with Crippen molar-refractivity contribution in [1.82, 2.24) is 10.2 Å². The van der Waals surface area contributed by atoms with Gasteiger partial charge in [-0.15, -0.1) is 0 Å². The minimum atomic E-state index is -0.656. The van der Waals surface area contributed by atoms with E-state index in [1.807, 2.05) is 23.1 Å². The third-order valence-electron chi connectivity index (χ3n) is 6.69. The zero-order valence-corrected chi connectivity index (χ0v) is 18.5. The van der Waals surface area contributed by atoms with Gasteiger partial charge in [0.05, 0.1) is 0 Å². The maximum atomic E-state index is 13.3. The first-order valence-corrected chi connectivity index (χ1v) is 11.4. The van der Waals surface area contributed by atoms with E-state index >= 15 is 0 Å². The van der Waals surface area contributed by atoms with Gasteiger partial charge in [-0.05, 0) is 54.7 Å². The molecule has 2 atom stereocenters. The summed E-state index contributed by atoms with van der Waals surface area (Å²) < 4.78 is 0. The number of anilines is 2. The van der Waals surface area contributed by atoms with Crippen LogP contribution in [0, 0.1) is 0 Å². The van der Waals surface area contributed by atoms with E-state index in [1.165, 1.54) is 10.5 Å². The molecule has 0 saturated carbocycles. The first kappa shape index (κ1) is 21.2. The van der Waals surface area contributed by atoms with Crippen LogP contribution in [0.5, 0.6) is 0 Å². The molecule has 170 valence electrons. The Morgan fingerprint density at radius 2 is 1.94 bits per heavy atom. The van der Waals surface area contributed by atoms with Gasteiger partial charge in [-0.3, -0.25) is 24.6 Å². The fraction of sp³-hybridized carbons (Fsp3) is 0.360. The summed E-state index contributed by atoms with van der Waals surface area (Å²) >= 11 is 0. The van der Waals surface area contributed by atoms with Gasteiger partial charge in [0.15, 0.2) is 0 Å². The van der Waals surface area contributed by atoms with Gasteiger partial charge in [0.1, 0.15) is 6.04 Å². The number of rotatable bonds is 4. The predicted octanol–water partition coefficient (Wildman–Crippen LogP) is 3.21. The SMILES string of the molecule is CCC[C@H]1Cc2ccccc2N1C(=O)Nc1ccc2c(c1)CN(C1CCC(=O)NC1=O)C2=O. The van der Waals surface area contributed by atoms with Gasteiger partial charge in [-0.1, -0.05) is 31.5 Å². The Hall–Kier alpha value is -3.68. The van der Waals surface area contributed by atoms with Gasteiger partial charge in [0.2, 0.25) is 11.8 Å². The average Bonchev–Trinajstić information content (AvgIpc) is 3.31. The second kappa shape index (κ2) is 8.35. The Kier molecular flexibility index (Phi) is 5.36. The van der Waals surface area contributed by atoms with Crippen molar-refractivity contribution in [3.05, 3.63) is 59.2 Å². The Balaban J connectivity index is 1.34. The molecule has 3 aliphatic heterocycles. The van der Waals surface area contributed by atoms with Crippen molar-refractivity contribution in [3.63, 3.8) is 0 Å². The molecular formula is C25H26N4O4. The zero-order valence-electron chi connectivity index (χ0n) is 18.5. The summed E-state index contributed by atoms with van der Waals surface area (Å²) in [5.74, 6) is -0.972. The van der Waals surface area contributed by atoms with E-state index in [4.69, 9.17) is 0 Å². The summed E-state index contributed by atoms with van der Waals surface area (Å²) in [4.78, 5) is 53.2. The van der Waals surface area contributed by atoms with Crippen LogP contribution in [0.2, 0.25) is 0 Å². The molecule has 2 aromatic carbocycles. The first-order chi connectivity index (χ1) is 16.0. The largest absolute Gasteiger partial charge is 0.326 e. The third kappa shape index (κ3) is 3.75. The number of fused-ring (bicyclic) bond motifs is 2. The molecule has 2 aromatic rings. The molecule has 0 spiro atoms. The number of hydrogen-bond donors (Lipinski definition) is 2. The third-order valence-corrected chi connectivity index (χ3v) is 6.69. The molecule has 0 bridgehead atoms. The second-order valence-corrected chi connectivity index (χ2v) is 8.85. The molecule has 0 radical (unpaired) electrons. The van der Waals surface area contributed by atoms with Crippen molar-refractivity contribution >= 4 is 35.1 Å². The summed E-state index contributed by atoms with van der Waals surface area (Å²) in [5.41, 5.74) is 4.00. The van der Waals surface area contributed by atoms with Crippen LogP contribution in [0.4, 0.5) is 16.2 Å². The minimum absolute atomic E-state index is 0.117. The average molecular weight is 447 g/mol. The van der Waals surface area contributed by atoms with Crippen molar-refractivity contribution < 1.29 is 19.2 Å². The fourth-order valence-corrected chi connectivity index (χ4v) is 5.14. The van der Waals surface area contributed by atoms with Crippen molar-refractivity contribution in [2.45, 2.75) is 57.7 Å². The standard InChI is InChI=1S/C25H26N4O4/c1-2-5-18-13-15-6-3-4-7-20(15)29(18)25(33)26-17-8-9-19-16(12-17)14-28(24(19)32)21-10-11-22(30)27-23(21)31/h3-4,6-9,12,18,21H,2,5,10-11,13-14H2,1H3,(H,26,33)(H,27,30,31)/t18-,21?/m0/s1. The smallest absolute Gasteiger partial charge is 0.322 e. The maximum Gasteiger partial charge on any atom is 0.326 e. The van der Waals surface area contributed by atoms with E-state index in [2.05, 4.69) is 23.6 Å². The topological polar surface area (TPSA) is 98.8 Å². The molecule has 1 fully saturated rings. The van der Waals surface area contributed by atoms with Gasteiger partial charge in [-0.2, -0.15) is 0 Å². The van der Waals surface area contributed by atoms with Gasteiger partial charge < -0.3 is 10.2 Å². The molecule has 0 aliphatic carbocycles. The highest BCUT2D eigenvalue weighted by atomic mass is 16.2. The van der Waals surface area contributed by atoms with Crippen LogP contribution in [-0.2, 0) is 22.6 Å². The van der Waals surface area contributed by atoms with E-state index in [-0.39, 0.29) is 36.9 Å². The Morgan fingerprint density at radius 1 is 1.12 bits per heavy atom. The number of imide groups is 1. The van der Waals surface area contributed by atoms with Crippen molar-refractivity contribution in [3.8, 4) is 0 Å². The molecule has 8 heteroatoms. The Morgan fingerprint density at radius 3 is 2.73 bits per heavy atom. The summed E-state index contributed by atoms with van der Waals surface area (Å²) in [6.07, 6.45) is 3.29. The van der Waals surface area contributed by atoms with Crippen LogP contribution in [-0.4, -0.2) is 40.7 Å². The van der Waals surface area contributed by atoms with Gasteiger partial charge in [0.25, 0.3) is 5.91 Å². The lowest BCUT2D eigenvalue weighted by Crippen LogP contribution is -2.52. The highest BCUT2D eigenvalue weighted by Crippen LogP contribution is 2.35. The molecule has 5 rings (SSSR count). The van der Waals surface area contributed by atoms with E-state index in [9.17, 15) is 19.2 Å². The van der Waals surface area contributed by atoms with E-state index < -0.39 is 11.9 Å². The minimum Gasteiger partial charge on any atom is -0.322 e. The zero-order chi connectivity index (χ0) is 23.1. The lowest BCUT2D eigenvalue weighted by Gasteiger charge is -2.29. The molecule has 0 aromatic heterocycles. The molecule has 5 amide bonds. The molecule has 3 aliphatic rings. The lowest BCUT2D eigenvalue weighted by molar-refractivity contribution is -0.136. The van der Waals surface area contributed by atoms with Crippen molar-refractivity contribution in [2.75, 3.05) is 10.2 Å². The number of carbonyl (C=O) groups is 4. The van der Waals surface area contributed by atoms with Crippen LogP contribution < -0.4 is 15.5 Å². The second-order valence-electron chi connectivity index (χ2n) is 8.85. The van der Waals surface area contributed by atoms with Crippen LogP contribution >= 0.6 is 0 Å². The van der Waals surface area contributed by atoms with Crippen molar-refractivity contribution in [2.24, 2.45) is 0 Å². The number of nitrogens with zero attached hydrogens (tertiary/aromatic N) is 2. The Labute approximate surface area is 191 Å². The van der Waals surface area contributed by atoms with Crippen LogP contribution in [0.15, 0.2) is 42.5 Å². The highest BCUT2D eigenvalue weighted by molar-refractivity contribution is 6.07. The number of para-hydroxylation sites is 1. The summed E-state index contributed by atoms with van der Waals surface area (Å²) in [6, 6.07) is 12.5. The highest BCUT2D eigenvalue weighted by Gasteiger charge is 2.39. The molecule has 8 nitrogen and oxygen atoms in total. The molecule has 3 heterocycles. The van der Waals surface area contributed by atoms with Gasteiger partial charge in [-0.25, -0.2) is 4.79 Å². The fourth-order valence-electron chi connectivity index (χ4n) is 5.14. The number of urea groups is 1. The van der Waals surface area contributed by atoms with Crippen LogP contribution in [0.1, 0.15) is 54.1 Å². The normalized spacial score (nSPS) is 21.7. The molecule has 2 N–H and O–H groups in total. The van der Waals surface area contributed by atoms with Gasteiger partial charge >= 0.3 is 6.03 Å². The molecular weight excluding hydrogens is 420 g/mol. The number of hydrogen-bond acceptors (Lipinski definition) is 4. The van der Waals surface area contributed by atoms with E-state index in [0.29, 0.717) is 17.7 Å². The number of carbonyl (C=O) groups excluding carboxylic acids is 4. The maximum absolute atomic E-state index is 13.3. The molecule has 33 heavy (non-hydrogen) atoms. The lowest BCUT2D eigenvalue weighted by atomic mass is 10.0. The molecule has 1 saturated heterocycles. The first-order valence-electron chi connectivity index (χ1n) is 11.4. The number of nitrogens with one attached hydrogen (secondary N) is 2. The van der Waals surface area contributed by atoms with Crippen LogP contribution in [0.3, 0.4) is 0 Å². The number of piperidine rings is 1. The summed E-state index contributed by atoms with van der Waals surface area (Å²) in [7, 11) is 0. The monoisotopic (exact) mass is 446 g/mol. The van der Waals surface area contributed by atoms with E-state index in [1.54, 1.807) is 18.2 Å². The van der Waals surface area contributed by atoms with Gasteiger partial charge in [0, 0.05) is 35.9 Å². The number of benzene rings is 2. The quantitative estimate of drug-likeness (QED) is 0.705. The molecule has 1 unspecified atom stereocenters. The summed E-state index contributed by atoms with van der Waals surface area (Å²) in [6.45, 7) is 2.39. The van der Waals surface area contributed by atoms with Crippen molar-refractivity contribution in [1.29, 1.82) is 0 Å². The van der Waals surface area contributed by atoms with Crippen LogP contribution in [0.25, 0.3) is 0 Å². The predicted molar refractivity (Wildman–Crippen MR) is 123 cm³/mol. The number of amides is 5. The Bertz CT molecular complexity index is 1160. The summed E-state index contributed by atoms with van der Waals surface area (Å²) in [5, 5.41) is 5.31. The van der Waals surface area contributed by atoms with E-state index in [0.717, 1.165) is 30.5 Å².